The second-order valence-corrected chi connectivity index (χ2v) is 7.86. The molecule has 1 fully saturated rings. The van der Waals surface area contributed by atoms with Crippen molar-refractivity contribution < 1.29 is 4.74 Å². The molecule has 0 aromatic rings. The lowest BCUT2D eigenvalue weighted by molar-refractivity contribution is -0.0922. The molecule has 4 unspecified atom stereocenters. The number of methoxy groups -OCH3 is 1. The van der Waals surface area contributed by atoms with Gasteiger partial charge in [-0.1, -0.05) is 60.3 Å². The zero-order chi connectivity index (χ0) is 14.7. The Morgan fingerprint density at radius 2 is 1.84 bits per heavy atom. The molecule has 1 heteroatoms. The van der Waals surface area contributed by atoms with E-state index < -0.39 is 0 Å². The van der Waals surface area contributed by atoms with Gasteiger partial charge in [-0.3, -0.25) is 0 Å². The Kier molecular flexibility index (Phi) is 5.92. The zero-order valence-corrected chi connectivity index (χ0v) is 14.4. The summed E-state index contributed by atoms with van der Waals surface area (Å²) >= 11 is 0. The van der Waals surface area contributed by atoms with E-state index in [1.165, 1.54) is 38.5 Å². The summed E-state index contributed by atoms with van der Waals surface area (Å²) in [5.74, 6) is 2.35. The monoisotopic (exact) mass is 268 g/mol. The highest BCUT2D eigenvalue weighted by Gasteiger charge is 2.47. The van der Waals surface area contributed by atoms with Crippen LogP contribution in [-0.4, -0.2) is 12.7 Å². The van der Waals surface area contributed by atoms with Gasteiger partial charge in [0.1, 0.15) is 0 Å². The molecule has 19 heavy (non-hydrogen) atoms. The highest BCUT2D eigenvalue weighted by atomic mass is 16.5. The van der Waals surface area contributed by atoms with Gasteiger partial charge in [-0.2, -0.15) is 0 Å². The third-order valence-corrected chi connectivity index (χ3v) is 5.56. The Labute approximate surface area is 121 Å². The molecular weight excluding hydrogens is 232 g/mol. The van der Waals surface area contributed by atoms with E-state index in [2.05, 4.69) is 41.5 Å². The minimum Gasteiger partial charge on any atom is -0.378 e. The first-order chi connectivity index (χ1) is 8.80. The summed E-state index contributed by atoms with van der Waals surface area (Å²) in [6.07, 6.45) is 7.85. The van der Waals surface area contributed by atoms with Gasteiger partial charge in [0.15, 0.2) is 0 Å². The molecule has 1 saturated carbocycles. The molecular formula is C18H36O. The van der Waals surface area contributed by atoms with Crippen LogP contribution in [0, 0.1) is 23.2 Å². The van der Waals surface area contributed by atoms with Crippen LogP contribution < -0.4 is 0 Å². The van der Waals surface area contributed by atoms with E-state index in [1.807, 2.05) is 7.11 Å². The van der Waals surface area contributed by atoms with Gasteiger partial charge in [-0.25, -0.2) is 0 Å². The molecule has 0 saturated heterocycles. The Hall–Kier alpha value is -0.0400. The van der Waals surface area contributed by atoms with Gasteiger partial charge in [0.25, 0.3) is 0 Å². The van der Waals surface area contributed by atoms with E-state index in [9.17, 15) is 0 Å². The standard InChI is InChI=1S/C18H36O/c1-8-11-15-16(17(3,4)5)14(9-2)12-10-13-18(15,6)19-7/h14-16H,8-13H2,1-7H3. The normalized spacial score (nSPS) is 37.1. The van der Waals surface area contributed by atoms with Crippen molar-refractivity contribution in [1.82, 2.24) is 0 Å². The van der Waals surface area contributed by atoms with Crippen LogP contribution in [0.15, 0.2) is 0 Å². The molecule has 0 aromatic carbocycles. The lowest BCUT2D eigenvalue weighted by Gasteiger charge is -2.47. The lowest BCUT2D eigenvalue weighted by atomic mass is 9.61. The first-order valence-electron chi connectivity index (χ1n) is 8.35. The van der Waals surface area contributed by atoms with Crippen LogP contribution in [0.4, 0.5) is 0 Å². The largest absolute Gasteiger partial charge is 0.378 e. The van der Waals surface area contributed by atoms with E-state index in [4.69, 9.17) is 4.74 Å². The van der Waals surface area contributed by atoms with E-state index in [-0.39, 0.29) is 5.60 Å². The number of hydrogen-bond acceptors (Lipinski definition) is 1. The fourth-order valence-corrected chi connectivity index (χ4v) is 4.61. The molecule has 0 amide bonds. The van der Waals surface area contributed by atoms with Crippen molar-refractivity contribution >= 4 is 0 Å². The van der Waals surface area contributed by atoms with Crippen LogP contribution in [-0.2, 0) is 4.74 Å². The third-order valence-electron chi connectivity index (χ3n) is 5.56. The molecule has 4 atom stereocenters. The molecule has 0 bridgehead atoms. The van der Waals surface area contributed by atoms with Crippen molar-refractivity contribution in [3.05, 3.63) is 0 Å². The summed E-state index contributed by atoms with van der Waals surface area (Å²) in [7, 11) is 1.93. The summed E-state index contributed by atoms with van der Waals surface area (Å²) in [5.41, 5.74) is 0.461. The molecule has 0 aromatic heterocycles. The maximum atomic E-state index is 6.04. The Bertz CT molecular complexity index is 265. The fraction of sp³-hybridized carbons (Fsp3) is 1.00. The minimum absolute atomic E-state index is 0.0812. The predicted molar refractivity (Wildman–Crippen MR) is 84.4 cm³/mol. The van der Waals surface area contributed by atoms with Crippen LogP contribution in [0.25, 0.3) is 0 Å². The second kappa shape index (κ2) is 6.61. The van der Waals surface area contributed by atoms with Gasteiger partial charge in [0.05, 0.1) is 5.60 Å². The van der Waals surface area contributed by atoms with Crippen molar-refractivity contribution in [2.45, 2.75) is 85.7 Å². The van der Waals surface area contributed by atoms with Crippen LogP contribution in [0.3, 0.4) is 0 Å². The summed E-state index contributed by atoms with van der Waals surface area (Å²) in [5, 5.41) is 0. The van der Waals surface area contributed by atoms with Gasteiger partial charge in [0, 0.05) is 7.11 Å². The SMILES string of the molecule is CCCC1C(C(C)(C)C)C(CC)CCCC1(C)OC. The molecule has 0 spiro atoms. The van der Waals surface area contributed by atoms with Crippen LogP contribution in [0.5, 0.6) is 0 Å². The summed E-state index contributed by atoms with van der Waals surface area (Å²) < 4.78 is 6.04. The lowest BCUT2D eigenvalue weighted by Crippen LogP contribution is -2.45. The number of hydrogen-bond donors (Lipinski definition) is 0. The van der Waals surface area contributed by atoms with Crippen LogP contribution in [0.1, 0.15) is 80.1 Å². The van der Waals surface area contributed by atoms with Crippen LogP contribution in [0.2, 0.25) is 0 Å². The highest BCUT2D eigenvalue weighted by molar-refractivity contribution is 4.97. The first kappa shape index (κ1) is 17.0. The summed E-state index contributed by atoms with van der Waals surface area (Å²) in [6.45, 7) is 14.4. The fourth-order valence-electron chi connectivity index (χ4n) is 4.61. The van der Waals surface area contributed by atoms with Crippen molar-refractivity contribution in [2.24, 2.45) is 23.2 Å². The van der Waals surface area contributed by atoms with E-state index in [1.54, 1.807) is 0 Å². The van der Waals surface area contributed by atoms with E-state index in [0.29, 0.717) is 11.3 Å². The van der Waals surface area contributed by atoms with Gasteiger partial charge in [-0.05, 0) is 42.9 Å². The maximum absolute atomic E-state index is 6.04. The van der Waals surface area contributed by atoms with E-state index in [0.717, 1.165) is 11.8 Å². The molecule has 0 radical (unpaired) electrons. The van der Waals surface area contributed by atoms with E-state index >= 15 is 0 Å². The van der Waals surface area contributed by atoms with Gasteiger partial charge in [-0.15, -0.1) is 0 Å². The maximum Gasteiger partial charge on any atom is 0.0681 e. The number of rotatable bonds is 4. The first-order valence-corrected chi connectivity index (χ1v) is 8.35. The molecule has 1 aliphatic rings. The molecule has 0 N–H and O–H groups in total. The summed E-state index contributed by atoms with van der Waals surface area (Å²) in [6, 6.07) is 0. The Balaban J connectivity index is 3.17. The van der Waals surface area contributed by atoms with Gasteiger partial charge >= 0.3 is 0 Å². The molecule has 0 aliphatic heterocycles. The quantitative estimate of drug-likeness (QED) is 0.596. The molecule has 1 rings (SSSR count). The Morgan fingerprint density at radius 1 is 1.21 bits per heavy atom. The van der Waals surface area contributed by atoms with Crippen molar-refractivity contribution in [2.75, 3.05) is 7.11 Å². The van der Waals surface area contributed by atoms with Crippen LogP contribution >= 0.6 is 0 Å². The predicted octanol–water partition coefficient (Wildman–Crippen LogP) is 5.68. The summed E-state index contributed by atoms with van der Waals surface area (Å²) in [4.78, 5) is 0. The Morgan fingerprint density at radius 3 is 2.26 bits per heavy atom. The average molecular weight is 268 g/mol. The third kappa shape index (κ3) is 3.74. The minimum atomic E-state index is 0.0812. The topological polar surface area (TPSA) is 9.23 Å². The van der Waals surface area contributed by atoms with Gasteiger partial charge in [0.2, 0.25) is 0 Å². The molecule has 1 nitrogen and oxygen atoms in total. The molecule has 114 valence electrons. The smallest absolute Gasteiger partial charge is 0.0681 e. The van der Waals surface area contributed by atoms with Gasteiger partial charge < -0.3 is 4.74 Å². The van der Waals surface area contributed by atoms with Crippen molar-refractivity contribution in [3.8, 4) is 0 Å². The van der Waals surface area contributed by atoms with Crippen molar-refractivity contribution in [3.63, 3.8) is 0 Å². The second-order valence-electron chi connectivity index (χ2n) is 7.86. The molecule has 1 aliphatic carbocycles. The highest BCUT2D eigenvalue weighted by Crippen LogP contribution is 2.51. The number of ether oxygens (including phenoxy) is 1. The zero-order valence-electron chi connectivity index (χ0n) is 14.4. The molecule has 0 heterocycles. The average Bonchev–Trinajstić information content (AvgIpc) is 2.47. The van der Waals surface area contributed by atoms with Crippen molar-refractivity contribution in [1.29, 1.82) is 0 Å².